The lowest BCUT2D eigenvalue weighted by atomic mass is 10.1. The fourth-order valence-corrected chi connectivity index (χ4v) is 4.25. The topological polar surface area (TPSA) is 169 Å². The Balaban J connectivity index is 1.50. The zero-order chi connectivity index (χ0) is 22.7. The summed E-state index contributed by atoms with van der Waals surface area (Å²) in [7, 11) is 0. The molecule has 2 aromatic heterocycles. The molecule has 1 aromatic carbocycles. The number of nitrogens with one attached hydrogen (secondary N) is 1. The van der Waals surface area contributed by atoms with Gasteiger partial charge < -0.3 is 25.4 Å². The molecule has 4 N–H and O–H groups in total. The summed E-state index contributed by atoms with van der Waals surface area (Å²) in [5.41, 5.74) is 1.72. The summed E-state index contributed by atoms with van der Waals surface area (Å²) in [6, 6.07) is 6.17. The van der Waals surface area contributed by atoms with Crippen LogP contribution in [0.2, 0.25) is 0 Å². The number of nitro groups is 1. The highest BCUT2D eigenvalue weighted by atomic mass is 32.2. The van der Waals surface area contributed by atoms with Gasteiger partial charge in [-0.1, -0.05) is 12.1 Å². The van der Waals surface area contributed by atoms with E-state index in [4.69, 9.17) is 9.84 Å². The summed E-state index contributed by atoms with van der Waals surface area (Å²) >= 11 is 1.42. The van der Waals surface area contributed by atoms with Gasteiger partial charge in [-0.3, -0.25) is 14.7 Å². The Morgan fingerprint density at radius 3 is 2.69 bits per heavy atom. The van der Waals surface area contributed by atoms with Crippen molar-refractivity contribution in [1.29, 1.82) is 0 Å². The van der Waals surface area contributed by atoms with E-state index in [0.717, 1.165) is 5.56 Å². The molecule has 4 atom stereocenters. The first-order valence-corrected chi connectivity index (χ1v) is 11.0. The summed E-state index contributed by atoms with van der Waals surface area (Å²) < 4.78 is 7.42. The lowest BCUT2D eigenvalue weighted by Gasteiger charge is -2.16. The normalized spacial score (nSPS) is 23.0. The van der Waals surface area contributed by atoms with Crippen LogP contribution in [0.3, 0.4) is 0 Å². The number of ether oxygens (including phenoxy) is 1. The molecule has 0 saturated carbocycles. The molecule has 3 heterocycles. The fraction of sp³-hybridized carbons (Fsp3) is 0.421. The molecule has 170 valence electrons. The predicted molar refractivity (Wildman–Crippen MR) is 116 cm³/mol. The Bertz CT molecular complexity index is 1080. The molecular formula is C19H22N6O6S. The van der Waals surface area contributed by atoms with Crippen LogP contribution in [0.5, 0.6) is 0 Å². The Kier molecular flexibility index (Phi) is 6.81. The lowest BCUT2D eigenvalue weighted by molar-refractivity contribution is -0.384. The van der Waals surface area contributed by atoms with E-state index in [1.807, 2.05) is 0 Å². The molecule has 13 heteroatoms. The van der Waals surface area contributed by atoms with Crippen LogP contribution in [0.4, 0.5) is 11.5 Å². The number of nitrogens with zero attached hydrogens (tertiary/aromatic N) is 5. The maximum atomic E-state index is 10.8. The number of aliphatic hydroxyl groups is 3. The summed E-state index contributed by atoms with van der Waals surface area (Å²) in [5.74, 6) is 1.40. The highest BCUT2D eigenvalue weighted by Gasteiger charge is 2.44. The van der Waals surface area contributed by atoms with Crippen LogP contribution in [0.15, 0.2) is 36.9 Å². The van der Waals surface area contributed by atoms with Gasteiger partial charge in [0, 0.05) is 30.2 Å². The molecule has 1 aliphatic rings. The van der Waals surface area contributed by atoms with Crippen molar-refractivity contribution in [2.75, 3.05) is 23.4 Å². The largest absolute Gasteiger partial charge is 0.396 e. The first kappa shape index (κ1) is 22.4. The molecule has 0 amide bonds. The first-order chi connectivity index (χ1) is 15.5. The Labute approximate surface area is 186 Å². The van der Waals surface area contributed by atoms with Gasteiger partial charge in [-0.25, -0.2) is 15.0 Å². The van der Waals surface area contributed by atoms with Crippen LogP contribution in [0.25, 0.3) is 11.2 Å². The maximum Gasteiger partial charge on any atom is 0.269 e. The number of benzene rings is 1. The number of hydrogen-bond donors (Lipinski definition) is 4. The number of non-ortho nitro benzene ring substituents is 1. The molecular weight excluding hydrogens is 440 g/mol. The van der Waals surface area contributed by atoms with Gasteiger partial charge in [0.05, 0.1) is 24.0 Å². The third kappa shape index (κ3) is 4.52. The summed E-state index contributed by atoms with van der Waals surface area (Å²) in [4.78, 5) is 23.2. The fourth-order valence-electron chi connectivity index (χ4n) is 3.45. The molecule has 1 aliphatic heterocycles. The van der Waals surface area contributed by atoms with Crippen molar-refractivity contribution in [3.63, 3.8) is 0 Å². The molecule has 0 aliphatic carbocycles. The zero-order valence-corrected chi connectivity index (χ0v) is 17.6. The highest BCUT2D eigenvalue weighted by molar-refractivity contribution is 7.99. The number of thioether (sulfide) groups is 1. The number of hydrogen-bond acceptors (Lipinski definition) is 11. The van der Waals surface area contributed by atoms with E-state index in [1.165, 1.54) is 36.5 Å². The van der Waals surface area contributed by atoms with Crippen molar-refractivity contribution < 1.29 is 25.0 Å². The maximum absolute atomic E-state index is 10.8. The predicted octanol–water partition coefficient (Wildman–Crippen LogP) is 0.691. The Morgan fingerprint density at radius 1 is 1.19 bits per heavy atom. The second kappa shape index (κ2) is 9.75. The number of aliphatic hydroxyl groups excluding tert-OH is 3. The quantitative estimate of drug-likeness (QED) is 0.200. The van der Waals surface area contributed by atoms with Crippen LogP contribution < -0.4 is 5.32 Å². The summed E-state index contributed by atoms with van der Waals surface area (Å²) in [6.07, 6.45) is -0.882. The van der Waals surface area contributed by atoms with E-state index in [-0.39, 0.29) is 12.3 Å². The third-order valence-electron chi connectivity index (χ3n) is 5.09. The third-order valence-corrected chi connectivity index (χ3v) is 6.13. The minimum Gasteiger partial charge on any atom is -0.396 e. The number of rotatable bonds is 9. The average Bonchev–Trinajstić information content (AvgIpc) is 3.35. The van der Waals surface area contributed by atoms with Crippen LogP contribution in [-0.2, 0) is 11.3 Å². The van der Waals surface area contributed by atoms with Gasteiger partial charge in [-0.2, -0.15) is 11.8 Å². The van der Waals surface area contributed by atoms with E-state index in [9.17, 15) is 20.3 Å². The average molecular weight is 462 g/mol. The highest BCUT2D eigenvalue weighted by Crippen LogP contribution is 2.33. The number of nitro benzene ring substituents is 1. The van der Waals surface area contributed by atoms with E-state index in [0.29, 0.717) is 35.0 Å². The second-order valence-corrected chi connectivity index (χ2v) is 8.32. The molecule has 0 radical (unpaired) electrons. The monoisotopic (exact) mass is 462 g/mol. The van der Waals surface area contributed by atoms with Gasteiger partial charge in [0.1, 0.15) is 18.5 Å². The van der Waals surface area contributed by atoms with Gasteiger partial charge in [-0.15, -0.1) is 0 Å². The van der Waals surface area contributed by atoms with Gasteiger partial charge in [-0.05, 0) is 5.56 Å². The van der Waals surface area contributed by atoms with Crippen molar-refractivity contribution in [3.8, 4) is 0 Å². The van der Waals surface area contributed by atoms with E-state index in [2.05, 4.69) is 20.3 Å². The van der Waals surface area contributed by atoms with Crippen LogP contribution in [0.1, 0.15) is 11.8 Å². The van der Waals surface area contributed by atoms with Crippen molar-refractivity contribution >= 4 is 34.4 Å². The minimum atomic E-state index is -1.17. The summed E-state index contributed by atoms with van der Waals surface area (Å²) in [5, 5.41) is 43.7. The van der Waals surface area contributed by atoms with Crippen molar-refractivity contribution in [2.45, 2.75) is 31.1 Å². The lowest BCUT2D eigenvalue weighted by Crippen LogP contribution is -2.32. The van der Waals surface area contributed by atoms with Gasteiger partial charge in [0.2, 0.25) is 0 Å². The summed E-state index contributed by atoms with van der Waals surface area (Å²) in [6.45, 7) is 0.389. The Hall–Kier alpha value is -2.84. The SMILES string of the molecule is O=[N+]([O-])c1ccc(CNc2ncnc3c2ncn3[C@@H]2O[C@H](CSCCO)[C@@H](O)[C@H]2O)cc1. The molecule has 4 rings (SSSR count). The minimum absolute atomic E-state index is 0.0160. The molecule has 1 saturated heterocycles. The van der Waals surface area contributed by atoms with E-state index >= 15 is 0 Å². The van der Waals surface area contributed by atoms with Crippen molar-refractivity contribution in [1.82, 2.24) is 19.5 Å². The van der Waals surface area contributed by atoms with Gasteiger partial charge in [0.15, 0.2) is 23.2 Å². The standard InChI is InChI=1S/C19H22N6O6S/c26-5-6-32-8-13-15(27)16(28)19(31-13)24-10-23-14-17(21-9-22-18(14)24)20-7-11-1-3-12(4-2-11)25(29)30/h1-4,9-10,13,15-16,19,26-28H,5-8H2,(H,20,21,22)/t13-,15-,16-,19-/m1/s1. The van der Waals surface area contributed by atoms with Crippen LogP contribution >= 0.6 is 11.8 Å². The van der Waals surface area contributed by atoms with Crippen molar-refractivity contribution in [3.05, 3.63) is 52.6 Å². The number of fused-ring (bicyclic) bond motifs is 1. The second-order valence-electron chi connectivity index (χ2n) is 7.17. The molecule has 0 unspecified atom stereocenters. The van der Waals surface area contributed by atoms with Crippen LogP contribution in [0, 0.1) is 10.1 Å². The van der Waals surface area contributed by atoms with Crippen molar-refractivity contribution in [2.24, 2.45) is 0 Å². The Morgan fingerprint density at radius 2 is 1.97 bits per heavy atom. The molecule has 32 heavy (non-hydrogen) atoms. The van der Waals surface area contributed by atoms with E-state index < -0.39 is 29.5 Å². The molecule has 3 aromatic rings. The van der Waals surface area contributed by atoms with Gasteiger partial charge in [0.25, 0.3) is 5.69 Å². The molecule has 12 nitrogen and oxygen atoms in total. The smallest absolute Gasteiger partial charge is 0.269 e. The zero-order valence-electron chi connectivity index (χ0n) is 16.8. The number of aromatic nitrogens is 4. The number of anilines is 1. The first-order valence-electron chi connectivity index (χ1n) is 9.84. The van der Waals surface area contributed by atoms with Gasteiger partial charge >= 0.3 is 0 Å². The molecule has 1 fully saturated rings. The van der Waals surface area contributed by atoms with E-state index in [1.54, 1.807) is 16.7 Å². The molecule has 0 bridgehead atoms. The number of imidazole rings is 1. The van der Waals surface area contributed by atoms with Crippen LogP contribution in [-0.4, -0.2) is 76.2 Å². The molecule has 0 spiro atoms.